The summed E-state index contributed by atoms with van der Waals surface area (Å²) < 4.78 is 5.26. The molecule has 1 aliphatic rings. The van der Waals surface area contributed by atoms with Crippen molar-refractivity contribution in [2.75, 3.05) is 6.54 Å². The quantitative estimate of drug-likeness (QED) is 0.800. The van der Waals surface area contributed by atoms with E-state index in [0.29, 0.717) is 12.0 Å². The molecule has 2 unspecified atom stereocenters. The lowest BCUT2D eigenvalue weighted by atomic mass is 9.83. The normalized spacial score (nSPS) is 26.1. The first-order valence-electron chi connectivity index (χ1n) is 7.03. The van der Waals surface area contributed by atoms with E-state index in [1.807, 2.05) is 12.5 Å². The standard InChI is InChI=1S/C15H25NO/c1-12(2)16-10-13-6-4-3-5-7-15(13)14-8-9-17-11-14/h8-9,11-13,15-16H,3-7,10H2,1-2H3. The third kappa shape index (κ3) is 3.60. The lowest BCUT2D eigenvalue weighted by Crippen LogP contribution is -2.31. The van der Waals surface area contributed by atoms with Crippen LogP contribution in [0.1, 0.15) is 57.4 Å². The second-order valence-electron chi connectivity index (χ2n) is 5.62. The molecule has 0 spiro atoms. The van der Waals surface area contributed by atoms with Gasteiger partial charge in [0.1, 0.15) is 0 Å². The van der Waals surface area contributed by atoms with Crippen molar-refractivity contribution in [3.05, 3.63) is 24.2 Å². The highest BCUT2D eigenvalue weighted by atomic mass is 16.3. The minimum absolute atomic E-state index is 0.586. The van der Waals surface area contributed by atoms with Crippen LogP contribution in [0.25, 0.3) is 0 Å². The molecule has 1 aliphatic carbocycles. The van der Waals surface area contributed by atoms with Gasteiger partial charge < -0.3 is 9.73 Å². The molecule has 1 saturated carbocycles. The van der Waals surface area contributed by atoms with Gasteiger partial charge in [0, 0.05) is 6.04 Å². The molecule has 96 valence electrons. The molecular weight excluding hydrogens is 210 g/mol. The van der Waals surface area contributed by atoms with Crippen LogP contribution >= 0.6 is 0 Å². The van der Waals surface area contributed by atoms with Crippen LogP contribution in [0.4, 0.5) is 0 Å². The maximum Gasteiger partial charge on any atom is 0.0937 e. The van der Waals surface area contributed by atoms with Gasteiger partial charge in [0.05, 0.1) is 12.5 Å². The first-order valence-corrected chi connectivity index (χ1v) is 7.03. The predicted octanol–water partition coefficient (Wildman–Crippen LogP) is 3.94. The molecule has 0 aliphatic heterocycles. The minimum Gasteiger partial charge on any atom is -0.472 e. The van der Waals surface area contributed by atoms with E-state index in [0.717, 1.165) is 12.5 Å². The van der Waals surface area contributed by atoms with Crippen molar-refractivity contribution in [3.63, 3.8) is 0 Å². The number of hydrogen-bond acceptors (Lipinski definition) is 2. The van der Waals surface area contributed by atoms with Gasteiger partial charge in [0.25, 0.3) is 0 Å². The maximum absolute atomic E-state index is 5.26. The Morgan fingerprint density at radius 1 is 1.29 bits per heavy atom. The third-order valence-electron chi connectivity index (χ3n) is 3.92. The van der Waals surface area contributed by atoms with Crippen LogP contribution < -0.4 is 5.32 Å². The van der Waals surface area contributed by atoms with E-state index < -0.39 is 0 Å². The topological polar surface area (TPSA) is 25.2 Å². The van der Waals surface area contributed by atoms with Crippen LogP contribution in [0.2, 0.25) is 0 Å². The molecular formula is C15H25NO. The van der Waals surface area contributed by atoms with Crippen molar-refractivity contribution in [1.29, 1.82) is 0 Å². The van der Waals surface area contributed by atoms with Crippen LogP contribution in [-0.4, -0.2) is 12.6 Å². The van der Waals surface area contributed by atoms with Gasteiger partial charge in [0.15, 0.2) is 0 Å². The Morgan fingerprint density at radius 3 is 2.82 bits per heavy atom. The average molecular weight is 235 g/mol. The third-order valence-corrected chi connectivity index (χ3v) is 3.92. The van der Waals surface area contributed by atoms with Gasteiger partial charge in [-0.2, -0.15) is 0 Å². The summed E-state index contributed by atoms with van der Waals surface area (Å²) in [5.41, 5.74) is 1.41. The summed E-state index contributed by atoms with van der Waals surface area (Å²) >= 11 is 0. The Hall–Kier alpha value is -0.760. The number of rotatable bonds is 4. The summed E-state index contributed by atoms with van der Waals surface area (Å²) in [6.45, 7) is 5.60. The fourth-order valence-corrected chi connectivity index (χ4v) is 2.94. The Morgan fingerprint density at radius 2 is 2.12 bits per heavy atom. The fourth-order valence-electron chi connectivity index (χ4n) is 2.94. The lowest BCUT2D eigenvalue weighted by molar-refractivity contribution is 0.361. The fraction of sp³-hybridized carbons (Fsp3) is 0.733. The zero-order chi connectivity index (χ0) is 12.1. The van der Waals surface area contributed by atoms with Gasteiger partial charge in [-0.05, 0) is 42.9 Å². The summed E-state index contributed by atoms with van der Waals surface area (Å²) in [5, 5.41) is 3.60. The second kappa shape index (κ2) is 6.25. The predicted molar refractivity (Wildman–Crippen MR) is 71.2 cm³/mol. The molecule has 17 heavy (non-hydrogen) atoms. The van der Waals surface area contributed by atoms with Crippen LogP contribution in [0.15, 0.2) is 23.0 Å². The molecule has 1 aromatic rings. The second-order valence-corrected chi connectivity index (χ2v) is 5.62. The summed E-state index contributed by atoms with van der Waals surface area (Å²) in [4.78, 5) is 0. The SMILES string of the molecule is CC(C)NCC1CCCCCC1c1ccoc1. The summed E-state index contributed by atoms with van der Waals surface area (Å²) in [6, 6.07) is 2.74. The molecule has 2 atom stereocenters. The first-order chi connectivity index (χ1) is 8.27. The van der Waals surface area contributed by atoms with Gasteiger partial charge >= 0.3 is 0 Å². The van der Waals surface area contributed by atoms with E-state index in [9.17, 15) is 0 Å². The van der Waals surface area contributed by atoms with Gasteiger partial charge in [-0.1, -0.05) is 33.1 Å². The Balaban J connectivity index is 2.02. The molecule has 2 heteroatoms. The van der Waals surface area contributed by atoms with Crippen LogP contribution in [-0.2, 0) is 0 Å². The minimum atomic E-state index is 0.586. The van der Waals surface area contributed by atoms with Gasteiger partial charge in [-0.3, -0.25) is 0 Å². The highest BCUT2D eigenvalue weighted by Crippen LogP contribution is 2.36. The van der Waals surface area contributed by atoms with E-state index in [1.54, 1.807) is 0 Å². The molecule has 2 rings (SSSR count). The Bertz CT molecular complexity index is 305. The molecule has 1 aromatic heterocycles. The van der Waals surface area contributed by atoms with Crippen LogP contribution in [0.5, 0.6) is 0 Å². The van der Waals surface area contributed by atoms with E-state index in [1.165, 1.54) is 37.7 Å². The van der Waals surface area contributed by atoms with Crippen molar-refractivity contribution in [3.8, 4) is 0 Å². The van der Waals surface area contributed by atoms with Crippen molar-refractivity contribution in [2.45, 2.75) is 57.9 Å². The zero-order valence-electron chi connectivity index (χ0n) is 11.1. The van der Waals surface area contributed by atoms with Gasteiger partial charge in [-0.25, -0.2) is 0 Å². The lowest BCUT2D eigenvalue weighted by Gasteiger charge is -2.25. The monoisotopic (exact) mass is 235 g/mol. The van der Waals surface area contributed by atoms with E-state index in [2.05, 4.69) is 25.2 Å². The largest absolute Gasteiger partial charge is 0.472 e. The maximum atomic E-state index is 5.26. The number of furan rings is 1. The van der Waals surface area contributed by atoms with Crippen molar-refractivity contribution < 1.29 is 4.42 Å². The summed E-state index contributed by atoms with van der Waals surface area (Å²) in [7, 11) is 0. The molecule has 0 aromatic carbocycles. The molecule has 1 fully saturated rings. The van der Waals surface area contributed by atoms with E-state index in [4.69, 9.17) is 4.42 Å². The molecule has 0 radical (unpaired) electrons. The van der Waals surface area contributed by atoms with E-state index >= 15 is 0 Å². The van der Waals surface area contributed by atoms with Crippen LogP contribution in [0, 0.1) is 5.92 Å². The highest BCUT2D eigenvalue weighted by Gasteiger charge is 2.25. The molecule has 0 bridgehead atoms. The highest BCUT2D eigenvalue weighted by molar-refractivity contribution is 5.14. The number of hydrogen-bond donors (Lipinski definition) is 1. The van der Waals surface area contributed by atoms with Crippen molar-refractivity contribution in [1.82, 2.24) is 5.32 Å². The first kappa shape index (κ1) is 12.7. The van der Waals surface area contributed by atoms with Crippen molar-refractivity contribution >= 4 is 0 Å². The van der Waals surface area contributed by atoms with Crippen molar-refractivity contribution in [2.24, 2.45) is 5.92 Å². The van der Waals surface area contributed by atoms with Gasteiger partial charge in [-0.15, -0.1) is 0 Å². The summed E-state index contributed by atoms with van der Waals surface area (Å²) in [5.74, 6) is 1.47. The molecule has 0 amide bonds. The number of nitrogens with one attached hydrogen (secondary N) is 1. The Kier molecular flexibility index (Phi) is 4.66. The van der Waals surface area contributed by atoms with Gasteiger partial charge in [0.2, 0.25) is 0 Å². The molecule has 2 nitrogen and oxygen atoms in total. The van der Waals surface area contributed by atoms with Crippen LogP contribution in [0.3, 0.4) is 0 Å². The van der Waals surface area contributed by atoms with E-state index in [-0.39, 0.29) is 0 Å². The Labute approximate surface area is 105 Å². The smallest absolute Gasteiger partial charge is 0.0937 e. The molecule has 1 heterocycles. The molecule has 0 saturated heterocycles. The average Bonchev–Trinajstić information content (AvgIpc) is 2.72. The summed E-state index contributed by atoms with van der Waals surface area (Å²) in [6.07, 6.45) is 10.6. The molecule has 1 N–H and O–H groups in total. The zero-order valence-corrected chi connectivity index (χ0v) is 11.1.